The van der Waals surface area contributed by atoms with Gasteiger partial charge in [-0.3, -0.25) is 9.59 Å². The Labute approximate surface area is 133 Å². The van der Waals surface area contributed by atoms with Crippen molar-refractivity contribution in [1.29, 1.82) is 0 Å². The van der Waals surface area contributed by atoms with Gasteiger partial charge in [0, 0.05) is 18.7 Å². The van der Waals surface area contributed by atoms with E-state index in [1.807, 2.05) is 6.92 Å². The Hall–Kier alpha value is -3.09. The molecule has 7 heteroatoms. The van der Waals surface area contributed by atoms with E-state index in [0.29, 0.717) is 29.4 Å². The topological polar surface area (TPSA) is 92.9 Å². The molecule has 120 valence electrons. The molecule has 0 unspecified atom stereocenters. The van der Waals surface area contributed by atoms with E-state index in [9.17, 15) is 9.59 Å². The van der Waals surface area contributed by atoms with E-state index in [1.165, 1.54) is 19.4 Å². The minimum Gasteiger partial charge on any atom is -0.493 e. The van der Waals surface area contributed by atoms with E-state index in [2.05, 4.69) is 15.8 Å². The van der Waals surface area contributed by atoms with Crippen LogP contribution in [-0.2, 0) is 4.79 Å². The molecule has 2 aromatic rings. The summed E-state index contributed by atoms with van der Waals surface area (Å²) in [6.07, 6.45) is 2.90. The lowest BCUT2D eigenvalue weighted by Crippen LogP contribution is -2.19. The number of rotatable bonds is 6. The van der Waals surface area contributed by atoms with Crippen molar-refractivity contribution in [2.75, 3.05) is 11.9 Å². The predicted octanol–water partition coefficient (Wildman–Crippen LogP) is 2.40. The Morgan fingerprint density at radius 1 is 1.35 bits per heavy atom. The maximum absolute atomic E-state index is 12.2. The fraction of sp³-hybridized carbons (Fsp3) is 0.188. The first-order valence-corrected chi connectivity index (χ1v) is 7.01. The Kier molecular flexibility index (Phi) is 5.51. The van der Waals surface area contributed by atoms with Crippen LogP contribution in [0.3, 0.4) is 0 Å². The van der Waals surface area contributed by atoms with Gasteiger partial charge in [-0.2, -0.15) is 5.10 Å². The highest BCUT2D eigenvalue weighted by Crippen LogP contribution is 2.23. The van der Waals surface area contributed by atoms with Crippen molar-refractivity contribution in [2.24, 2.45) is 5.10 Å². The van der Waals surface area contributed by atoms with Crippen molar-refractivity contribution >= 4 is 23.7 Å². The molecule has 0 fully saturated rings. The molecule has 0 radical (unpaired) electrons. The van der Waals surface area contributed by atoms with E-state index in [0.717, 1.165) is 0 Å². The molecule has 2 N–H and O–H groups in total. The number of nitrogens with one attached hydrogen (secondary N) is 2. The van der Waals surface area contributed by atoms with Crippen LogP contribution in [0, 0.1) is 0 Å². The first-order valence-electron chi connectivity index (χ1n) is 7.01. The number of furan rings is 1. The van der Waals surface area contributed by atoms with Crippen molar-refractivity contribution < 1.29 is 18.7 Å². The van der Waals surface area contributed by atoms with Gasteiger partial charge >= 0.3 is 0 Å². The van der Waals surface area contributed by atoms with Crippen molar-refractivity contribution in [1.82, 2.24) is 5.43 Å². The molecule has 0 aliphatic carbocycles. The van der Waals surface area contributed by atoms with Crippen LogP contribution in [0.15, 0.2) is 46.1 Å². The lowest BCUT2D eigenvalue weighted by molar-refractivity contribution is -0.114. The fourth-order valence-corrected chi connectivity index (χ4v) is 1.85. The van der Waals surface area contributed by atoms with Gasteiger partial charge in [-0.15, -0.1) is 0 Å². The largest absolute Gasteiger partial charge is 0.493 e. The van der Waals surface area contributed by atoms with E-state index in [1.54, 1.807) is 30.3 Å². The Bertz CT molecular complexity index is 708. The summed E-state index contributed by atoms with van der Waals surface area (Å²) < 4.78 is 10.5. The normalized spacial score (nSPS) is 10.5. The van der Waals surface area contributed by atoms with E-state index in [4.69, 9.17) is 9.15 Å². The Balaban J connectivity index is 2.12. The zero-order chi connectivity index (χ0) is 16.7. The number of ether oxygens (including phenoxy) is 1. The van der Waals surface area contributed by atoms with Gasteiger partial charge in [-0.1, -0.05) is 0 Å². The number of nitrogens with zero attached hydrogens (tertiary/aromatic N) is 1. The molecule has 0 aliphatic heterocycles. The Morgan fingerprint density at radius 2 is 2.17 bits per heavy atom. The lowest BCUT2D eigenvalue weighted by Gasteiger charge is -2.11. The molecule has 0 atom stereocenters. The van der Waals surface area contributed by atoms with Gasteiger partial charge in [0.1, 0.15) is 11.5 Å². The monoisotopic (exact) mass is 315 g/mol. The number of hydrogen-bond donors (Lipinski definition) is 2. The molecule has 1 aromatic carbocycles. The lowest BCUT2D eigenvalue weighted by atomic mass is 10.1. The number of hydrogen-bond acceptors (Lipinski definition) is 5. The molecule has 0 saturated carbocycles. The predicted molar refractivity (Wildman–Crippen MR) is 85.7 cm³/mol. The third-order valence-corrected chi connectivity index (χ3v) is 2.75. The summed E-state index contributed by atoms with van der Waals surface area (Å²) in [5, 5.41) is 6.46. The summed E-state index contributed by atoms with van der Waals surface area (Å²) >= 11 is 0. The molecular formula is C16H17N3O4. The molecular weight excluding hydrogens is 298 g/mol. The van der Waals surface area contributed by atoms with E-state index >= 15 is 0 Å². The van der Waals surface area contributed by atoms with Crippen LogP contribution in [0.4, 0.5) is 5.69 Å². The summed E-state index contributed by atoms with van der Waals surface area (Å²) in [5.41, 5.74) is 3.27. The van der Waals surface area contributed by atoms with Gasteiger partial charge < -0.3 is 14.5 Å². The third-order valence-electron chi connectivity index (χ3n) is 2.75. The van der Waals surface area contributed by atoms with Crippen LogP contribution in [0.25, 0.3) is 0 Å². The molecule has 0 bridgehead atoms. The summed E-state index contributed by atoms with van der Waals surface area (Å²) in [4.78, 5) is 23.3. The summed E-state index contributed by atoms with van der Waals surface area (Å²) in [6, 6.07) is 8.21. The zero-order valence-electron chi connectivity index (χ0n) is 12.8. The number of carbonyl (C=O) groups excluding carboxylic acids is 2. The van der Waals surface area contributed by atoms with Crippen LogP contribution in [0.2, 0.25) is 0 Å². The second-order valence-electron chi connectivity index (χ2n) is 4.54. The van der Waals surface area contributed by atoms with Crippen molar-refractivity contribution in [3.05, 3.63) is 47.9 Å². The van der Waals surface area contributed by atoms with Crippen molar-refractivity contribution in [3.8, 4) is 5.75 Å². The standard InChI is InChI=1S/C16H17N3O4/c1-3-22-15-9-12(18-11(2)20)6-7-14(15)16(21)19-17-10-13-5-4-8-23-13/h4-10H,3H2,1-2H3,(H,18,20)(H,19,21)/b17-10+. The number of anilines is 1. The second-order valence-corrected chi connectivity index (χ2v) is 4.54. The molecule has 2 rings (SSSR count). The first-order chi connectivity index (χ1) is 11.1. The summed E-state index contributed by atoms with van der Waals surface area (Å²) in [7, 11) is 0. The molecule has 0 aliphatic rings. The highest BCUT2D eigenvalue weighted by atomic mass is 16.5. The van der Waals surface area contributed by atoms with Gasteiger partial charge in [-0.05, 0) is 31.2 Å². The molecule has 1 heterocycles. The second kappa shape index (κ2) is 7.79. The SMILES string of the molecule is CCOc1cc(NC(C)=O)ccc1C(=O)N/N=C/c1ccco1. The molecule has 0 spiro atoms. The van der Waals surface area contributed by atoms with E-state index in [-0.39, 0.29) is 5.91 Å². The minimum atomic E-state index is -0.425. The fourth-order valence-electron chi connectivity index (χ4n) is 1.85. The number of hydrazone groups is 1. The maximum Gasteiger partial charge on any atom is 0.275 e. The van der Waals surface area contributed by atoms with Gasteiger partial charge in [0.2, 0.25) is 5.91 Å². The van der Waals surface area contributed by atoms with Gasteiger partial charge in [0.05, 0.1) is 24.6 Å². The van der Waals surface area contributed by atoms with Gasteiger partial charge in [0.15, 0.2) is 0 Å². The molecule has 2 amide bonds. The summed E-state index contributed by atoms with van der Waals surface area (Å²) in [6.45, 7) is 3.60. The minimum absolute atomic E-state index is 0.201. The highest BCUT2D eigenvalue weighted by molar-refractivity contribution is 5.98. The molecule has 0 saturated heterocycles. The molecule has 7 nitrogen and oxygen atoms in total. The number of amides is 2. The van der Waals surface area contributed by atoms with Crippen LogP contribution >= 0.6 is 0 Å². The van der Waals surface area contributed by atoms with Gasteiger partial charge in [0.25, 0.3) is 5.91 Å². The molecule has 1 aromatic heterocycles. The van der Waals surface area contributed by atoms with Crippen LogP contribution < -0.4 is 15.5 Å². The van der Waals surface area contributed by atoms with E-state index < -0.39 is 5.91 Å². The van der Waals surface area contributed by atoms with Gasteiger partial charge in [-0.25, -0.2) is 5.43 Å². The first kappa shape index (κ1) is 16.3. The van der Waals surface area contributed by atoms with Crippen LogP contribution in [0.1, 0.15) is 30.0 Å². The van der Waals surface area contributed by atoms with Crippen molar-refractivity contribution in [2.45, 2.75) is 13.8 Å². The quantitative estimate of drug-likeness (QED) is 0.632. The Morgan fingerprint density at radius 3 is 2.83 bits per heavy atom. The van der Waals surface area contributed by atoms with Crippen molar-refractivity contribution in [3.63, 3.8) is 0 Å². The molecule has 23 heavy (non-hydrogen) atoms. The highest BCUT2D eigenvalue weighted by Gasteiger charge is 2.13. The average Bonchev–Trinajstić information content (AvgIpc) is 3.00. The third kappa shape index (κ3) is 4.70. The smallest absolute Gasteiger partial charge is 0.275 e. The zero-order valence-corrected chi connectivity index (χ0v) is 12.8. The average molecular weight is 315 g/mol. The number of benzene rings is 1. The van der Waals surface area contributed by atoms with Crippen LogP contribution in [-0.4, -0.2) is 24.6 Å². The maximum atomic E-state index is 12.2. The van der Waals surface area contributed by atoms with Crippen LogP contribution in [0.5, 0.6) is 5.75 Å². The number of carbonyl (C=O) groups is 2. The summed E-state index contributed by atoms with van der Waals surface area (Å²) in [5.74, 6) is 0.263.